The van der Waals surface area contributed by atoms with Crippen molar-refractivity contribution in [1.82, 2.24) is 0 Å². The van der Waals surface area contributed by atoms with E-state index in [0.717, 1.165) is 0 Å². The summed E-state index contributed by atoms with van der Waals surface area (Å²) in [5, 5.41) is 10.1. The van der Waals surface area contributed by atoms with Gasteiger partial charge in [0.25, 0.3) is 0 Å². The summed E-state index contributed by atoms with van der Waals surface area (Å²) >= 11 is 11.4. The summed E-state index contributed by atoms with van der Waals surface area (Å²) in [7, 11) is 0. The number of ether oxygens (including phenoxy) is 1. The van der Waals surface area contributed by atoms with E-state index >= 15 is 0 Å². The van der Waals surface area contributed by atoms with Gasteiger partial charge in [-0.15, -0.1) is 0 Å². The molecule has 0 fully saturated rings. The van der Waals surface area contributed by atoms with Crippen molar-refractivity contribution >= 4 is 29.2 Å². The Morgan fingerprint density at radius 3 is 2.71 bits per heavy atom. The summed E-state index contributed by atoms with van der Waals surface area (Å²) in [6, 6.07) is 4.17. The third-order valence-electron chi connectivity index (χ3n) is 2.07. The van der Waals surface area contributed by atoms with Crippen molar-refractivity contribution in [3.63, 3.8) is 0 Å². The summed E-state index contributed by atoms with van der Waals surface area (Å²) in [5.74, 6) is -1.12. The first-order valence-electron chi connectivity index (χ1n) is 4.91. The Morgan fingerprint density at radius 2 is 2.18 bits per heavy atom. The number of benzene rings is 1. The Morgan fingerprint density at radius 1 is 1.53 bits per heavy atom. The van der Waals surface area contributed by atoms with Gasteiger partial charge in [0.1, 0.15) is 6.10 Å². The molecule has 0 radical (unpaired) electrons. The van der Waals surface area contributed by atoms with Crippen molar-refractivity contribution < 1.29 is 19.0 Å². The van der Waals surface area contributed by atoms with Crippen molar-refractivity contribution in [1.29, 1.82) is 0 Å². The number of aliphatic hydroxyl groups excluding tert-OH is 1. The number of rotatable bonds is 4. The summed E-state index contributed by atoms with van der Waals surface area (Å²) < 4.78 is 18.0. The lowest BCUT2D eigenvalue weighted by Crippen LogP contribution is -2.26. The second-order valence-corrected chi connectivity index (χ2v) is 4.11. The molecule has 3 nitrogen and oxygen atoms in total. The molecule has 1 aromatic carbocycles. The van der Waals surface area contributed by atoms with Gasteiger partial charge in [-0.1, -0.05) is 29.3 Å². The third-order valence-corrected chi connectivity index (χ3v) is 2.63. The highest BCUT2D eigenvalue weighted by Gasteiger charge is 2.30. The Labute approximate surface area is 108 Å². The zero-order valence-electron chi connectivity index (χ0n) is 8.99. The maximum absolute atomic E-state index is 13.5. The summed E-state index contributed by atoms with van der Waals surface area (Å²) in [5.41, 5.74) is 0.0941. The Hall–Kier alpha value is -0.840. The van der Waals surface area contributed by atoms with Gasteiger partial charge in [-0.25, -0.2) is 9.18 Å². The van der Waals surface area contributed by atoms with Crippen molar-refractivity contribution in [2.45, 2.75) is 19.2 Å². The highest BCUT2D eigenvalue weighted by molar-refractivity contribution is 6.35. The highest BCUT2D eigenvalue weighted by atomic mass is 35.5. The van der Waals surface area contributed by atoms with E-state index in [2.05, 4.69) is 4.74 Å². The van der Waals surface area contributed by atoms with Gasteiger partial charge in [-0.05, 0) is 19.1 Å². The smallest absolute Gasteiger partial charge is 0.343 e. The molecule has 2 atom stereocenters. The van der Waals surface area contributed by atoms with E-state index < -0.39 is 18.2 Å². The zero-order chi connectivity index (χ0) is 13.0. The van der Waals surface area contributed by atoms with Gasteiger partial charge < -0.3 is 9.84 Å². The van der Waals surface area contributed by atoms with E-state index in [1.165, 1.54) is 18.2 Å². The number of halogens is 3. The normalized spacial score (nSPS) is 14.2. The number of hydrogen-bond donors (Lipinski definition) is 1. The number of alkyl halides is 1. The Bertz CT molecular complexity index is 412. The molecule has 0 bridgehead atoms. The van der Waals surface area contributed by atoms with E-state index in [1.807, 2.05) is 0 Å². The van der Waals surface area contributed by atoms with Crippen molar-refractivity contribution in [2.75, 3.05) is 6.61 Å². The van der Waals surface area contributed by atoms with Crippen LogP contribution in [0, 0.1) is 0 Å². The van der Waals surface area contributed by atoms with Gasteiger partial charge in [-0.3, -0.25) is 0 Å². The third kappa shape index (κ3) is 3.56. The van der Waals surface area contributed by atoms with E-state index in [0.29, 0.717) is 5.02 Å². The molecule has 17 heavy (non-hydrogen) atoms. The number of carbonyl (C=O) groups excluding carboxylic acids is 1. The van der Waals surface area contributed by atoms with Gasteiger partial charge in [0.2, 0.25) is 6.17 Å². The molecule has 0 aliphatic rings. The fourth-order valence-electron chi connectivity index (χ4n) is 1.25. The van der Waals surface area contributed by atoms with Gasteiger partial charge in [-0.2, -0.15) is 0 Å². The Balaban J connectivity index is 2.88. The lowest BCUT2D eigenvalue weighted by atomic mass is 10.1. The monoisotopic (exact) mass is 280 g/mol. The van der Waals surface area contributed by atoms with Crippen molar-refractivity contribution in [3.8, 4) is 0 Å². The molecule has 0 aliphatic carbocycles. The number of aliphatic hydroxyl groups is 1. The van der Waals surface area contributed by atoms with Gasteiger partial charge >= 0.3 is 5.97 Å². The lowest BCUT2D eigenvalue weighted by molar-refractivity contribution is -0.153. The van der Waals surface area contributed by atoms with Crippen LogP contribution in [0.5, 0.6) is 0 Å². The maximum atomic E-state index is 13.5. The van der Waals surface area contributed by atoms with Crippen LogP contribution < -0.4 is 0 Å². The van der Waals surface area contributed by atoms with Crippen molar-refractivity contribution in [3.05, 3.63) is 33.8 Å². The first-order valence-corrected chi connectivity index (χ1v) is 5.66. The van der Waals surface area contributed by atoms with E-state index in [1.54, 1.807) is 6.92 Å². The predicted octanol–water partition coefficient (Wildman–Crippen LogP) is 2.93. The fourth-order valence-corrected chi connectivity index (χ4v) is 1.77. The first-order chi connectivity index (χ1) is 7.97. The quantitative estimate of drug-likeness (QED) is 0.863. The molecule has 0 saturated carbocycles. The predicted molar refractivity (Wildman–Crippen MR) is 63.0 cm³/mol. The van der Waals surface area contributed by atoms with E-state index in [9.17, 15) is 14.3 Å². The van der Waals surface area contributed by atoms with Crippen LogP contribution in [0.25, 0.3) is 0 Å². The van der Waals surface area contributed by atoms with Crippen LogP contribution in [0.4, 0.5) is 4.39 Å². The molecule has 0 aliphatic heterocycles. The zero-order valence-corrected chi connectivity index (χ0v) is 10.5. The molecule has 1 aromatic rings. The van der Waals surface area contributed by atoms with Crippen LogP contribution in [0.15, 0.2) is 18.2 Å². The Kier molecular flexibility index (Phi) is 5.18. The van der Waals surface area contributed by atoms with Crippen molar-refractivity contribution in [2.24, 2.45) is 0 Å². The van der Waals surface area contributed by atoms with E-state index in [-0.39, 0.29) is 17.2 Å². The summed E-state index contributed by atoms with van der Waals surface area (Å²) in [4.78, 5) is 11.1. The standard InChI is InChI=1S/C11H11Cl2FO3/c1-2-17-11(16)9(14)10(15)7-4-3-6(12)5-8(7)13/h3-5,9-10,15H,2H2,1H3. The molecule has 6 heteroatoms. The minimum Gasteiger partial charge on any atom is -0.464 e. The van der Waals surface area contributed by atoms with Crippen LogP contribution in [0.1, 0.15) is 18.6 Å². The van der Waals surface area contributed by atoms with Gasteiger partial charge in [0.05, 0.1) is 6.61 Å². The molecule has 0 aromatic heterocycles. The minimum atomic E-state index is -2.17. The van der Waals surface area contributed by atoms with Crippen LogP contribution in [-0.4, -0.2) is 23.9 Å². The second-order valence-electron chi connectivity index (χ2n) is 3.26. The molecule has 0 saturated heterocycles. The molecule has 0 spiro atoms. The first kappa shape index (κ1) is 14.2. The van der Waals surface area contributed by atoms with Gasteiger partial charge in [0.15, 0.2) is 0 Å². The number of carbonyl (C=O) groups is 1. The largest absolute Gasteiger partial charge is 0.464 e. The summed E-state index contributed by atoms with van der Waals surface area (Å²) in [6.07, 6.45) is -3.84. The molecular formula is C11H11Cl2FO3. The molecule has 0 amide bonds. The number of hydrogen-bond acceptors (Lipinski definition) is 3. The fraction of sp³-hybridized carbons (Fsp3) is 0.364. The van der Waals surface area contributed by atoms with E-state index in [4.69, 9.17) is 23.2 Å². The molecule has 1 N–H and O–H groups in total. The van der Waals surface area contributed by atoms with Crippen LogP contribution in [0.3, 0.4) is 0 Å². The van der Waals surface area contributed by atoms with Gasteiger partial charge in [0, 0.05) is 15.6 Å². The van der Waals surface area contributed by atoms with Crippen LogP contribution >= 0.6 is 23.2 Å². The molecule has 94 valence electrons. The maximum Gasteiger partial charge on any atom is 0.343 e. The highest BCUT2D eigenvalue weighted by Crippen LogP contribution is 2.29. The lowest BCUT2D eigenvalue weighted by Gasteiger charge is -2.16. The SMILES string of the molecule is CCOC(=O)C(F)C(O)c1ccc(Cl)cc1Cl. The second kappa shape index (κ2) is 6.19. The molecular weight excluding hydrogens is 270 g/mol. The topological polar surface area (TPSA) is 46.5 Å². The number of esters is 1. The molecule has 1 rings (SSSR count). The summed E-state index contributed by atoms with van der Waals surface area (Å²) in [6.45, 7) is 1.59. The average Bonchev–Trinajstić information content (AvgIpc) is 2.27. The minimum absolute atomic E-state index is 0.0420. The van der Waals surface area contributed by atoms with Crippen LogP contribution in [-0.2, 0) is 9.53 Å². The molecule has 0 heterocycles. The average molecular weight is 281 g/mol. The molecule has 2 unspecified atom stereocenters. The van der Waals surface area contributed by atoms with Crippen LogP contribution in [0.2, 0.25) is 10.0 Å².